The number of fused-ring (bicyclic) bond motifs is 1. The molecule has 0 saturated heterocycles. The van der Waals surface area contributed by atoms with Crippen molar-refractivity contribution in [3.8, 4) is 5.75 Å². The molecule has 0 aliphatic carbocycles. The van der Waals surface area contributed by atoms with Crippen molar-refractivity contribution >= 4 is 28.1 Å². The van der Waals surface area contributed by atoms with E-state index in [9.17, 15) is 5.11 Å². The number of ether oxygens (including phenoxy) is 1. The van der Waals surface area contributed by atoms with Crippen molar-refractivity contribution in [1.29, 1.82) is 0 Å². The van der Waals surface area contributed by atoms with E-state index in [0.717, 1.165) is 6.42 Å². The monoisotopic (exact) mass is 407 g/mol. The Bertz CT molecular complexity index is 1030. The Morgan fingerprint density at radius 1 is 1.10 bits per heavy atom. The number of aliphatic hydroxyl groups is 1. The first-order valence-corrected chi connectivity index (χ1v) is 9.95. The van der Waals surface area contributed by atoms with Gasteiger partial charge in [0.2, 0.25) is 5.69 Å². The number of aliphatic hydroxyl groups excluding tert-OH is 1. The summed E-state index contributed by atoms with van der Waals surface area (Å²) in [6.07, 6.45) is 0.130. The fourth-order valence-corrected chi connectivity index (χ4v) is 3.49. The van der Waals surface area contributed by atoms with E-state index >= 15 is 0 Å². The van der Waals surface area contributed by atoms with Gasteiger partial charge in [-0.2, -0.15) is 0 Å². The molecular weight excluding hydrogens is 383 g/mol. The van der Waals surface area contributed by atoms with Gasteiger partial charge in [-0.1, -0.05) is 66.2 Å². The Hall–Kier alpha value is -2.58. The lowest BCUT2D eigenvalue weighted by Crippen LogP contribution is -2.46. The normalized spacial score (nSPS) is 12.5. The third kappa shape index (κ3) is 5.71. The molecule has 0 amide bonds. The predicted octanol–water partition coefficient (Wildman–Crippen LogP) is 5.39. The van der Waals surface area contributed by atoms with Gasteiger partial charge in [0, 0.05) is 12.1 Å². The van der Waals surface area contributed by atoms with E-state index in [1.165, 1.54) is 16.3 Å². The van der Waals surface area contributed by atoms with Crippen molar-refractivity contribution in [3.63, 3.8) is 0 Å². The SMILES string of the molecule is CC(C)(Cc1ccc2ccccc2c1)NCC(O)COc1cccc(Cl)c1[N+]#[11C-]. The summed E-state index contributed by atoms with van der Waals surface area (Å²) < 4.78 is 5.61. The first-order chi connectivity index (χ1) is 13.9. The number of hydrogen-bond acceptors (Lipinski definition) is 3. The number of hydrogen-bond donors (Lipinski definition) is 2. The fourth-order valence-electron chi connectivity index (χ4n) is 3.28. The van der Waals surface area contributed by atoms with Crippen molar-refractivity contribution < 1.29 is 9.84 Å². The molecule has 0 aliphatic heterocycles. The number of para-hydroxylation sites is 1. The molecule has 4 nitrogen and oxygen atoms in total. The van der Waals surface area contributed by atoms with Crippen molar-refractivity contribution in [2.75, 3.05) is 13.2 Å². The molecule has 1 atom stereocenters. The second-order valence-corrected chi connectivity index (χ2v) is 8.19. The molecule has 0 saturated carbocycles. The van der Waals surface area contributed by atoms with Crippen LogP contribution in [0.4, 0.5) is 5.69 Å². The molecule has 0 aromatic heterocycles. The molecule has 0 bridgehead atoms. The van der Waals surface area contributed by atoms with Gasteiger partial charge in [-0.25, -0.2) is 4.85 Å². The smallest absolute Gasteiger partial charge is 0.246 e. The van der Waals surface area contributed by atoms with Crippen molar-refractivity contribution in [2.24, 2.45) is 0 Å². The molecule has 29 heavy (non-hydrogen) atoms. The minimum Gasteiger partial charge on any atom is -0.502 e. The predicted molar refractivity (Wildman–Crippen MR) is 119 cm³/mol. The molecule has 0 heterocycles. The maximum Gasteiger partial charge on any atom is 0.246 e. The molecule has 2 N–H and O–H groups in total. The van der Waals surface area contributed by atoms with Crippen LogP contribution in [0.25, 0.3) is 15.6 Å². The zero-order valence-electron chi connectivity index (χ0n) is 16.7. The second-order valence-electron chi connectivity index (χ2n) is 7.79. The number of nitrogens with one attached hydrogen (secondary N) is 1. The summed E-state index contributed by atoms with van der Waals surface area (Å²) in [4.78, 5) is 3.40. The Labute approximate surface area is 176 Å². The highest BCUT2D eigenvalue weighted by molar-refractivity contribution is 6.33. The van der Waals surface area contributed by atoms with Gasteiger partial charge in [-0.15, -0.1) is 0 Å². The van der Waals surface area contributed by atoms with Gasteiger partial charge < -0.3 is 15.2 Å². The average Bonchev–Trinajstić information content (AvgIpc) is 2.70. The van der Waals surface area contributed by atoms with Crippen LogP contribution in [0.1, 0.15) is 19.4 Å². The van der Waals surface area contributed by atoms with Crippen LogP contribution in [0.5, 0.6) is 5.75 Å². The lowest BCUT2D eigenvalue weighted by Gasteiger charge is -2.28. The number of benzene rings is 3. The molecule has 0 aliphatic rings. The zero-order chi connectivity index (χ0) is 20.9. The molecule has 1 unspecified atom stereocenters. The highest BCUT2D eigenvalue weighted by Gasteiger charge is 2.20. The topological polar surface area (TPSA) is 45.8 Å². The third-order valence-corrected chi connectivity index (χ3v) is 5.07. The van der Waals surface area contributed by atoms with E-state index in [1.807, 2.05) is 12.1 Å². The van der Waals surface area contributed by atoms with Crippen LogP contribution in [-0.4, -0.2) is 29.9 Å². The molecule has 3 aromatic carbocycles. The summed E-state index contributed by atoms with van der Waals surface area (Å²) in [5, 5.41) is 16.5. The Morgan fingerprint density at radius 2 is 1.86 bits per heavy atom. The summed E-state index contributed by atoms with van der Waals surface area (Å²) in [5.41, 5.74) is 1.32. The number of halogens is 1. The van der Waals surface area contributed by atoms with Crippen LogP contribution >= 0.6 is 11.6 Å². The summed E-state index contributed by atoms with van der Waals surface area (Å²) in [7, 11) is 0. The maximum absolute atomic E-state index is 10.3. The van der Waals surface area contributed by atoms with Gasteiger partial charge in [-0.05, 0) is 42.7 Å². The molecule has 0 fully saturated rings. The van der Waals surface area contributed by atoms with Crippen molar-refractivity contribution in [1.82, 2.24) is 5.32 Å². The third-order valence-electron chi connectivity index (χ3n) is 4.77. The lowest BCUT2D eigenvalue weighted by molar-refractivity contribution is 0.0992. The van der Waals surface area contributed by atoms with Gasteiger partial charge >= 0.3 is 0 Å². The molecule has 0 spiro atoms. The number of nitrogens with zero attached hydrogens (tertiary/aromatic N) is 1. The Kier molecular flexibility index (Phi) is 6.76. The minimum absolute atomic E-state index is 0.0852. The first kappa shape index (κ1) is 21.1. The highest BCUT2D eigenvalue weighted by Crippen LogP contribution is 2.35. The Morgan fingerprint density at radius 3 is 2.62 bits per heavy atom. The molecular formula is C24H25ClN2O2. The van der Waals surface area contributed by atoms with E-state index in [1.54, 1.807) is 18.2 Å². The molecule has 150 valence electrons. The highest BCUT2D eigenvalue weighted by atomic mass is 35.5. The van der Waals surface area contributed by atoms with Crippen molar-refractivity contribution in [3.05, 3.63) is 82.7 Å². The number of rotatable bonds is 8. The largest absolute Gasteiger partial charge is 0.502 e. The van der Waals surface area contributed by atoms with Gasteiger partial charge in [0.25, 0.3) is 0 Å². The van der Waals surface area contributed by atoms with E-state index in [4.69, 9.17) is 22.9 Å². The summed E-state index contributed by atoms with van der Waals surface area (Å²) in [6, 6.07) is 19.9. The molecule has 3 rings (SSSR count). The van der Waals surface area contributed by atoms with Crippen LogP contribution in [0.15, 0.2) is 60.7 Å². The van der Waals surface area contributed by atoms with Crippen LogP contribution < -0.4 is 10.1 Å². The second kappa shape index (κ2) is 9.28. The van der Waals surface area contributed by atoms with Gasteiger partial charge in [-0.3, -0.25) is 0 Å². The minimum atomic E-state index is -0.705. The van der Waals surface area contributed by atoms with E-state index < -0.39 is 6.10 Å². The van der Waals surface area contributed by atoms with Gasteiger partial charge in [0.1, 0.15) is 18.5 Å². The van der Waals surface area contributed by atoms with Crippen LogP contribution in [-0.2, 0) is 6.42 Å². The zero-order valence-corrected chi connectivity index (χ0v) is 17.4. The summed E-state index contributed by atoms with van der Waals surface area (Å²) in [5.74, 6) is 0.391. The standard InChI is InChI=1S/C24H25ClN2O2/c1-24(2,14-17-11-12-18-7-4-5-8-19(18)13-17)27-15-20(28)16-29-22-10-6-9-21(25)23(22)26-3/h4-13,20,27-28H,14-16H2,1-2H3/i3-1. The fraction of sp³-hybridized carbons (Fsp3) is 0.292. The van der Waals surface area contributed by atoms with Gasteiger partial charge in [0.05, 0.1) is 11.6 Å². The maximum atomic E-state index is 10.3. The van der Waals surface area contributed by atoms with Crippen LogP contribution in [0.3, 0.4) is 0 Å². The summed E-state index contributed by atoms with van der Waals surface area (Å²) in [6.45, 7) is 11.9. The average molecular weight is 408 g/mol. The Balaban J connectivity index is 1.54. The van der Waals surface area contributed by atoms with Crippen LogP contribution in [0.2, 0.25) is 5.02 Å². The van der Waals surface area contributed by atoms with E-state index in [-0.39, 0.29) is 17.8 Å². The first-order valence-electron chi connectivity index (χ1n) is 9.57. The van der Waals surface area contributed by atoms with E-state index in [0.29, 0.717) is 17.3 Å². The molecule has 3 aromatic rings. The number of β-amino-alcohol motifs (C(OH)–C–C–N with tert-alkyl or cyclic N) is 1. The van der Waals surface area contributed by atoms with E-state index in [2.05, 4.69) is 54.3 Å². The van der Waals surface area contributed by atoms with Gasteiger partial charge in [0.15, 0.2) is 0 Å². The summed E-state index contributed by atoms with van der Waals surface area (Å²) >= 11 is 6.01. The molecule has 0 radical (unpaired) electrons. The lowest BCUT2D eigenvalue weighted by atomic mass is 9.93. The van der Waals surface area contributed by atoms with Crippen molar-refractivity contribution in [2.45, 2.75) is 31.9 Å². The van der Waals surface area contributed by atoms with Crippen LogP contribution in [0, 0.1) is 6.57 Å². The quantitative estimate of drug-likeness (QED) is 0.492. The molecule has 5 heteroatoms.